The second-order valence-electron chi connectivity index (χ2n) is 4.79. The van der Waals surface area contributed by atoms with Crippen LogP contribution in [0.15, 0.2) is 29.2 Å². The lowest BCUT2D eigenvalue weighted by molar-refractivity contribution is 0.271. The van der Waals surface area contributed by atoms with Gasteiger partial charge in [0.25, 0.3) is 0 Å². The highest BCUT2D eigenvalue weighted by atomic mass is 32.2. The zero-order chi connectivity index (χ0) is 14.5. The maximum atomic E-state index is 12.1. The number of hydrogen-bond acceptors (Lipinski definition) is 4. The maximum Gasteiger partial charge on any atom is 0.242 e. The van der Waals surface area contributed by atoms with E-state index >= 15 is 0 Å². The highest BCUT2D eigenvalue weighted by molar-refractivity contribution is 7.89. The van der Waals surface area contributed by atoms with Gasteiger partial charge in [0.2, 0.25) is 10.0 Å². The van der Waals surface area contributed by atoms with E-state index in [1.165, 1.54) is 11.4 Å². The summed E-state index contributed by atoms with van der Waals surface area (Å²) in [7, 11) is -1.93. The maximum absolute atomic E-state index is 12.1. The molecular weight excluding hydrogens is 264 g/mol. The van der Waals surface area contributed by atoms with E-state index in [1.807, 2.05) is 0 Å². The van der Waals surface area contributed by atoms with E-state index in [2.05, 4.69) is 13.8 Å². The fourth-order valence-corrected chi connectivity index (χ4v) is 2.64. The molecule has 0 radical (unpaired) electrons. The minimum atomic E-state index is -3.45. The Hall–Kier alpha value is -1.11. The smallest absolute Gasteiger partial charge is 0.242 e. The first-order valence-corrected chi connectivity index (χ1v) is 7.71. The number of rotatable bonds is 7. The van der Waals surface area contributed by atoms with Gasteiger partial charge in [-0.2, -0.15) is 4.31 Å². The first-order valence-electron chi connectivity index (χ1n) is 6.27. The molecule has 0 aliphatic heterocycles. The molecule has 1 rings (SSSR count). The lowest BCUT2D eigenvalue weighted by Crippen LogP contribution is -2.31. The third-order valence-electron chi connectivity index (χ3n) is 2.56. The Labute approximate surface area is 115 Å². The first kappa shape index (κ1) is 15.9. The molecule has 0 unspecified atom stereocenters. The summed E-state index contributed by atoms with van der Waals surface area (Å²) < 4.78 is 31.0. The molecule has 0 bridgehead atoms. The third-order valence-corrected chi connectivity index (χ3v) is 4.43. The summed E-state index contributed by atoms with van der Waals surface area (Å²) in [6.07, 6.45) is 0. The largest absolute Gasteiger partial charge is 0.493 e. The Balaban J connectivity index is 2.80. The average molecular weight is 286 g/mol. The zero-order valence-corrected chi connectivity index (χ0v) is 12.5. The van der Waals surface area contributed by atoms with E-state index in [0.717, 1.165) is 0 Å². The number of likely N-dealkylation sites (N-methyl/N-ethyl adjacent to an activating group) is 1. The fourth-order valence-electron chi connectivity index (χ4n) is 1.45. The molecule has 0 aliphatic carbocycles. The minimum Gasteiger partial charge on any atom is -0.493 e. The molecule has 0 aromatic heterocycles. The van der Waals surface area contributed by atoms with E-state index in [9.17, 15) is 8.42 Å². The van der Waals surface area contributed by atoms with Gasteiger partial charge in [0, 0.05) is 20.1 Å². The van der Waals surface area contributed by atoms with Crippen LogP contribution in [0, 0.1) is 5.92 Å². The second kappa shape index (κ2) is 6.88. The van der Waals surface area contributed by atoms with Crippen LogP contribution >= 0.6 is 0 Å². The lowest BCUT2D eigenvalue weighted by Gasteiger charge is -2.16. The van der Waals surface area contributed by atoms with Gasteiger partial charge in [-0.3, -0.25) is 0 Å². The minimum absolute atomic E-state index is 0.250. The van der Waals surface area contributed by atoms with Crippen molar-refractivity contribution in [1.29, 1.82) is 0 Å². The first-order chi connectivity index (χ1) is 8.87. The van der Waals surface area contributed by atoms with Crippen molar-refractivity contribution in [2.45, 2.75) is 18.7 Å². The van der Waals surface area contributed by atoms with Gasteiger partial charge in [-0.25, -0.2) is 8.42 Å². The van der Waals surface area contributed by atoms with Crippen molar-refractivity contribution in [1.82, 2.24) is 4.31 Å². The standard InChI is InChI=1S/C13H22N2O3S/c1-11(2)10-18-12-4-6-13(7-5-12)19(16,17)15(3)9-8-14/h4-7,11H,8-10,14H2,1-3H3. The van der Waals surface area contributed by atoms with Crippen LogP contribution in [0.4, 0.5) is 0 Å². The molecule has 0 amide bonds. The molecule has 0 spiro atoms. The van der Waals surface area contributed by atoms with Gasteiger partial charge in [-0.05, 0) is 30.2 Å². The van der Waals surface area contributed by atoms with Crippen LogP contribution in [0.1, 0.15) is 13.8 Å². The third kappa shape index (κ3) is 4.49. The Morgan fingerprint density at radius 2 is 1.84 bits per heavy atom. The van der Waals surface area contributed by atoms with Gasteiger partial charge in [0.15, 0.2) is 0 Å². The number of ether oxygens (including phenoxy) is 1. The number of nitrogens with two attached hydrogens (primary N) is 1. The second-order valence-corrected chi connectivity index (χ2v) is 6.84. The number of benzene rings is 1. The van der Waals surface area contributed by atoms with Crippen LogP contribution in [0.3, 0.4) is 0 Å². The van der Waals surface area contributed by atoms with Crippen LogP contribution in [0.25, 0.3) is 0 Å². The molecule has 19 heavy (non-hydrogen) atoms. The molecule has 2 N–H and O–H groups in total. The normalized spacial score (nSPS) is 12.1. The Bertz CT molecular complexity index is 483. The lowest BCUT2D eigenvalue weighted by atomic mass is 10.2. The number of hydrogen-bond donors (Lipinski definition) is 1. The molecule has 0 saturated carbocycles. The van der Waals surface area contributed by atoms with Gasteiger partial charge in [-0.1, -0.05) is 13.8 Å². The summed E-state index contributed by atoms with van der Waals surface area (Å²) >= 11 is 0. The van der Waals surface area contributed by atoms with Crippen molar-refractivity contribution >= 4 is 10.0 Å². The Morgan fingerprint density at radius 3 is 2.32 bits per heavy atom. The highest BCUT2D eigenvalue weighted by Crippen LogP contribution is 2.19. The van der Waals surface area contributed by atoms with Crippen molar-refractivity contribution in [3.05, 3.63) is 24.3 Å². The van der Waals surface area contributed by atoms with E-state index in [-0.39, 0.29) is 4.90 Å². The van der Waals surface area contributed by atoms with Crippen LogP contribution in [-0.2, 0) is 10.0 Å². The fraction of sp³-hybridized carbons (Fsp3) is 0.538. The summed E-state index contributed by atoms with van der Waals surface area (Å²) in [6, 6.07) is 6.45. The summed E-state index contributed by atoms with van der Waals surface area (Å²) in [5.74, 6) is 1.10. The van der Waals surface area contributed by atoms with Crippen molar-refractivity contribution in [2.75, 3.05) is 26.7 Å². The van der Waals surface area contributed by atoms with Crippen LogP contribution < -0.4 is 10.5 Å². The molecule has 0 fully saturated rings. The van der Waals surface area contributed by atoms with Gasteiger partial charge < -0.3 is 10.5 Å². The number of sulfonamides is 1. The molecule has 6 heteroatoms. The van der Waals surface area contributed by atoms with E-state index in [1.54, 1.807) is 24.3 Å². The van der Waals surface area contributed by atoms with Crippen molar-refractivity contribution in [2.24, 2.45) is 11.7 Å². The summed E-state index contributed by atoms with van der Waals surface area (Å²) in [5.41, 5.74) is 5.37. The van der Waals surface area contributed by atoms with Gasteiger partial charge >= 0.3 is 0 Å². The van der Waals surface area contributed by atoms with Crippen molar-refractivity contribution < 1.29 is 13.2 Å². The van der Waals surface area contributed by atoms with Gasteiger partial charge in [-0.15, -0.1) is 0 Å². The summed E-state index contributed by atoms with van der Waals surface area (Å²) in [5, 5.41) is 0. The predicted octanol–water partition coefficient (Wildman–Crippen LogP) is 1.30. The summed E-state index contributed by atoms with van der Waals surface area (Å²) in [4.78, 5) is 0.250. The van der Waals surface area contributed by atoms with Gasteiger partial charge in [0.1, 0.15) is 5.75 Å². The SMILES string of the molecule is CC(C)COc1ccc(S(=O)(=O)N(C)CCN)cc1. The topological polar surface area (TPSA) is 72.6 Å². The predicted molar refractivity (Wildman–Crippen MR) is 75.6 cm³/mol. The molecule has 0 heterocycles. The van der Waals surface area contributed by atoms with E-state index in [4.69, 9.17) is 10.5 Å². The Morgan fingerprint density at radius 1 is 1.26 bits per heavy atom. The summed E-state index contributed by atoms with van der Waals surface area (Å²) in [6.45, 7) is 5.32. The van der Waals surface area contributed by atoms with Crippen molar-refractivity contribution in [3.63, 3.8) is 0 Å². The van der Waals surface area contributed by atoms with Crippen LogP contribution in [-0.4, -0.2) is 39.5 Å². The molecule has 0 atom stereocenters. The number of nitrogens with zero attached hydrogens (tertiary/aromatic N) is 1. The molecule has 108 valence electrons. The van der Waals surface area contributed by atoms with Crippen LogP contribution in [0.5, 0.6) is 5.75 Å². The molecule has 1 aromatic carbocycles. The van der Waals surface area contributed by atoms with Crippen LogP contribution in [0.2, 0.25) is 0 Å². The average Bonchev–Trinajstić information content (AvgIpc) is 2.37. The molecule has 5 nitrogen and oxygen atoms in total. The molecular formula is C13H22N2O3S. The molecule has 1 aromatic rings. The van der Waals surface area contributed by atoms with Crippen molar-refractivity contribution in [3.8, 4) is 5.75 Å². The molecule has 0 aliphatic rings. The monoisotopic (exact) mass is 286 g/mol. The highest BCUT2D eigenvalue weighted by Gasteiger charge is 2.19. The quantitative estimate of drug-likeness (QED) is 0.820. The van der Waals surface area contributed by atoms with E-state index < -0.39 is 10.0 Å². The van der Waals surface area contributed by atoms with E-state index in [0.29, 0.717) is 31.4 Å². The molecule has 0 saturated heterocycles. The Kier molecular flexibility index (Phi) is 5.78. The zero-order valence-electron chi connectivity index (χ0n) is 11.7. The van der Waals surface area contributed by atoms with Gasteiger partial charge in [0.05, 0.1) is 11.5 Å².